The molecule has 3 unspecified atom stereocenters. The number of nitrogens with one attached hydrogen (secondary N) is 1. The lowest BCUT2D eigenvalue weighted by Crippen LogP contribution is -2.51. The van der Waals surface area contributed by atoms with E-state index in [1.165, 1.54) is 5.57 Å². The highest BCUT2D eigenvalue weighted by Gasteiger charge is 2.44. The summed E-state index contributed by atoms with van der Waals surface area (Å²) in [5.74, 6) is 0.383. The Kier molecular flexibility index (Phi) is 8.41. The molecule has 0 bridgehead atoms. The molecule has 2 heterocycles. The van der Waals surface area contributed by atoms with Gasteiger partial charge in [-0.25, -0.2) is 0 Å². The fraction of sp³-hybridized carbons (Fsp3) is 0.655. The van der Waals surface area contributed by atoms with Gasteiger partial charge in [-0.05, 0) is 61.3 Å². The topological polar surface area (TPSA) is 65.1 Å². The number of hydrogen-bond acceptors (Lipinski definition) is 5. The van der Waals surface area contributed by atoms with E-state index >= 15 is 0 Å². The maximum Gasteiger partial charge on any atom is 0.251 e. The van der Waals surface area contributed by atoms with Gasteiger partial charge in [-0.1, -0.05) is 32.9 Å². The first-order valence-corrected chi connectivity index (χ1v) is 13.5. The van der Waals surface area contributed by atoms with Gasteiger partial charge in [0.2, 0.25) is 5.91 Å². The molecular formula is C29H44N4O3. The van der Waals surface area contributed by atoms with Crippen LogP contribution in [0.25, 0.3) is 0 Å². The van der Waals surface area contributed by atoms with Crippen molar-refractivity contribution in [3.05, 3.63) is 42.0 Å². The number of ether oxygens (including phenoxy) is 1. The smallest absolute Gasteiger partial charge is 0.251 e. The molecule has 0 spiro atoms. The van der Waals surface area contributed by atoms with Crippen molar-refractivity contribution in [3.63, 3.8) is 0 Å². The number of amides is 2. The molecule has 3 atom stereocenters. The normalized spacial score (nSPS) is 23.6. The van der Waals surface area contributed by atoms with Crippen LogP contribution in [0.3, 0.4) is 0 Å². The van der Waals surface area contributed by atoms with E-state index < -0.39 is 6.04 Å². The van der Waals surface area contributed by atoms with E-state index in [2.05, 4.69) is 42.5 Å². The Labute approximate surface area is 216 Å². The van der Waals surface area contributed by atoms with Crippen LogP contribution in [0.5, 0.6) is 0 Å². The van der Waals surface area contributed by atoms with E-state index in [1.807, 2.05) is 29.2 Å². The molecule has 7 nitrogen and oxygen atoms in total. The molecule has 3 fully saturated rings. The summed E-state index contributed by atoms with van der Waals surface area (Å²) in [6.45, 7) is 17.0. The quantitative estimate of drug-likeness (QED) is 0.558. The van der Waals surface area contributed by atoms with Crippen molar-refractivity contribution in [2.45, 2.75) is 58.5 Å². The lowest BCUT2D eigenvalue weighted by atomic mass is 9.87. The summed E-state index contributed by atoms with van der Waals surface area (Å²) in [6.07, 6.45) is 3.76. The highest BCUT2D eigenvalue weighted by Crippen LogP contribution is 2.41. The van der Waals surface area contributed by atoms with E-state index in [0.29, 0.717) is 17.9 Å². The van der Waals surface area contributed by atoms with Gasteiger partial charge in [-0.2, -0.15) is 0 Å². The number of nitrogens with zero attached hydrogens (tertiary/aromatic N) is 3. The minimum atomic E-state index is -0.537. The van der Waals surface area contributed by atoms with Crippen molar-refractivity contribution < 1.29 is 14.3 Å². The second-order valence-corrected chi connectivity index (χ2v) is 11.9. The molecular weight excluding hydrogens is 452 g/mol. The second-order valence-electron chi connectivity index (χ2n) is 11.9. The van der Waals surface area contributed by atoms with Crippen LogP contribution in [0.4, 0.5) is 5.69 Å². The van der Waals surface area contributed by atoms with E-state index in [-0.39, 0.29) is 23.3 Å². The Balaban J connectivity index is 1.39. The predicted molar refractivity (Wildman–Crippen MR) is 144 cm³/mol. The zero-order valence-electron chi connectivity index (χ0n) is 22.6. The minimum absolute atomic E-state index is 0.0387. The van der Waals surface area contributed by atoms with Crippen molar-refractivity contribution in [2.24, 2.45) is 11.3 Å². The molecule has 4 rings (SSSR count). The predicted octanol–water partition coefficient (Wildman–Crippen LogP) is 3.56. The SMILES string of the molecule is C=C1CCC2CCN(C(=O)C(CC(C)(C)C)NC(=O)c3ccc(N4CCN(CCOC)CC4)cc3)C12. The number of likely N-dealkylation sites (tertiary alicyclic amines) is 1. The van der Waals surface area contributed by atoms with Crippen molar-refractivity contribution in [2.75, 3.05) is 57.9 Å². The monoisotopic (exact) mass is 496 g/mol. The first kappa shape index (κ1) is 26.7. The van der Waals surface area contributed by atoms with Crippen LogP contribution in [0.2, 0.25) is 0 Å². The molecule has 1 aromatic carbocycles. The third-order valence-corrected chi connectivity index (χ3v) is 7.96. The standard InChI is InChI=1S/C29H44N4O3/c1-21-6-7-22-12-13-33(26(21)22)28(35)25(20-29(2,3)4)30-27(34)23-8-10-24(11-9-23)32-16-14-31(15-17-32)18-19-36-5/h8-11,22,25-26H,1,6-7,12-20H2,2-5H3,(H,30,34). The van der Waals surface area contributed by atoms with Gasteiger partial charge in [0.25, 0.3) is 5.91 Å². The lowest BCUT2D eigenvalue weighted by molar-refractivity contribution is -0.134. The van der Waals surface area contributed by atoms with Crippen molar-refractivity contribution >= 4 is 17.5 Å². The average Bonchev–Trinajstić information content (AvgIpc) is 3.44. The number of rotatable bonds is 8. The Morgan fingerprint density at radius 3 is 2.42 bits per heavy atom. The van der Waals surface area contributed by atoms with Crippen LogP contribution < -0.4 is 10.2 Å². The molecule has 36 heavy (non-hydrogen) atoms. The van der Waals surface area contributed by atoms with Crippen LogP contribution in [0.15, 0.2) is 36.4 Å². The number of fused-ring (bicyclic) bond motifs is 1. The fourth-order valence-electron chi connectivity index (χ4n) is 6.01. The molecule has 0 radical (unpaired) electrons. The average molecular weight is 497 g/mol. The van der Waals surface area contributed by atoms with Gasteiger partial charge in [0, 0.05) is 57.6 Å². The van der Waals surface area contributed by atoms with Gasteiger partial charge in [-0.15, -0.1) is 0 Å². The summed E-state index contributed by atoms with van der Waals surface area (Å²) in [6, 6.07) is 7.41. The molecule has 2 saturated heterocycles. The molecule has 198 valence electrons. The summed E-state index contributed by atoms with van der Waals surface area (Å²) in [7, 11) is 1.74. The van der Waals surface area contributed by atoms with Gasteiger partial charge in [-0.3, -0.25) is 14.5 Å². The Bertz CT molecular complexity index is 931. The fourth-order valence-corrected chi connectivity index (χ4v) is 6.01. The largest absolute Gasteiger partial charge is 0.383 e. The van der Waals surface area contributed by atoms with E-state index in [0.717, 1.165) is 70.8 Å². The van der Waals surface area contributed by atoms with E-state index in [9.17, 15) is 9.59 Å². The molecule has 7 heteroatoms. The van der Waals surface area contributed by atoms with E-state index in [1.54, 1.807) is 7.11 Å². The van der Waals surface area contributed by atoms with Gasteiger partial charge in [0.15, 0.2) is 0 Å². The molecule has 1 aromatic rings. The molecule has 2 amide bonds. The lowest BCUT2D eigenvalue weighted by Gasteiger charge is -2.36. The van der Waals surface area contributed by atoms with E-state index in [4.69, 9.17) is 4.74 Å². The van der Waals surface area contributed by atoms with Gasteiger partial charge >= 0.3 is 0 Å². The molecule has 3 aliphatic rings. The first-order valence-electron chi connectivity index (χ1n) is 13.5. The minimum Gasteiger partial charge on any atom is -0.383 e. The summed E-state index contributed by atoms with van der Waals surface area (Å²) in [5, 5.41) is 3.09. The highest BCUT2D eigenvalue weighted by molar-refractivity contribution is 5.98. The van der Waals surface area contributed by atoms with Crippen LogP contribution in [0, 0.1) is 11.3 Å². The molecule has 0 aromatic heterocycles. The van der Waals surface area contributed by atoms with Crippen LogP contribution in [0.1, 0.15) is 56.8 Å². The number of methoxy groups -OCH3 is 1. The zero-order valence-corrected chi connectivity index (χ0v) is 22.6. The first-order chi connectivity index (χ1) is 17.2. The summed E-state index contributed by atoms with van der Waals surface area (Å²) in [4.78, 5) is 33.7. The number of carbonyl (C=O) groups is 2. The van der Waals surface area contributed by atoms with Crippen LogP contribution in [-0.4, -0.2) is 86.7 Å². The third-order valence-electron chi connectivity index (χ3n) is 7.96. The van der Waals surface area contributed by atoms with Crippen LogP contribution in [-0.2, 0) is 9.53 Å². The Morgan fingerprint density at radius 1 is 1.08 bits per heavy atom. The Hall–Kier alpha value is -2.38. The number of anilines is 1. The summed E-state index contributed by atoms with van der Waals surface area (Å²) < 4.78 is 5.19. The zero-order chi connectivity index (χ0) is 25.9. The molecule has 1 N–H and O–H groups in total. The maximum absolute atomic E-state index is 13.7. The van der Waals surface area contributed by atoms with Crippen molar-refractivity contribution in [1.29, 1.82) is 0 Å². The van der Waals surface area contributed by atoms with Crippen LogP contribution >= 0.6 is 0 Å². The molecule has 2 aliphatic heterocycles. The number of benzene rings is 1. The van der Waals surface area contributed by atoms with Crippen molar-refractivity contribution in [3.8, 4) is 0 Å². The Morgan fingerprint density at radius 2 is 1.78 bits per heavy atom. The summed E-state index contributed by atoms with van der Waals surface area (Å²) in [5.41, 5.74) is 2.80. The van der Waals surface area contributed by atoms with Crippen molar-refractivity contribution in [1.82, 2.24) is 15.1 Å². The number of piperazine rings is 1. The van der Waals surface area contributed by atoms with Gasteiger partial charge in [0.1, 0.15) is 6.04 Å². The third kappa shape index (κ3) is 6.30. The number of hydrogen-bond donors (Lipinski definition) is 1. The second kappa shape index (κ2) is 11.3. The molecule has 1 aliphatic carbocycles. The number of carbonyl (C=O) groups excluding carboxylic acids is 2. The summed E-state index contributed by atoms with van der Waals surface area (Å²) >= 11 is 0. The van der Waals surface area contributed by atoms with Gasteiger partial charge in [0.05, 0.1) is 12.6 Å². The highest BCUT2D eigenvalue weighted by atomic mass is 16.5. The van der Waals surface area contributed by atoms with Gasteiger partial charge < -0.3 is 19.9 Å². The maximum atomic E-state index is 13.7. The molecule has 1 saturated carbocycles.